The molecule has 0 amide bonds. The first-order valence-electron chi connectivity index (χ1n) is 6.19. The van der Waals surface area contributed by atoms with Gasteiger partial charge in [0, 0.05) is 42.9 Å². The number of pyridine rings is 2. The van der Waals surface area contributed by atoms with Crippen molar-refractivity contribution < 1.29 is 9.57 Å². The third kappa shape index (κ3) is 2.88. The number of halogens is 1. The lowest BCUT2D eigenvalue weighted by Crippen LogP contribution is -2.17. The smallest absolute Gasteiger partial charge is 0.166 e. The van der Waals surface area contributed by atoms with Crippen molar-refractivity contribution in [3.8, 4) is 17.0 Å². The zero-order valence-corrected chi connectivity index (χ0v) is 11.3. The monoisotopic (exact) mass is 289 g/mol. The lowest BCUT2D eigenvalue weighted by atomic mass is 10.2. The minimum absolute atomic E-state index is 0.0595. The molecule has 0 bridgehead atoms. The predicted molar refractivity (Wildman–Crippen MR) is 76.0 cm³/mol. The second-order valence-corrected chi connectivity index (χ2v) is 4.74. The molecule has 6 heteroatoms. The minimum atomic E-state index is -0.0595. The highest BCUT2D eigenvalue weighted by molar-refractivity contribution is 6.30. The summed E-state index contributed by atoms with van der Waals surface area (Å²) in [6.07, 6.45) is 7.45. The normalized spacial score (nSPS) is 16.9. The number of nitrogens with zero attached hydrogens (tertiary/aromatic N) is 3. The molecule has 3 heterocycles. The zero-order valence-electron chi connectivity index (χ0n) is 10.6. The van der Waals surface area contributed by atoms with E-state index in [2.05, 4.69) is 15.1 Å². The molecule has 0 fully saturated rings. The zero-order chi connectivity index (χ0) is 13.8. The third-order valence-electron chi connectivity index (χ3n) is 2.83. The van der Waals surface area contributed by atoms with Gasteiger partial charge in [-0.2, -0.15) is 0 Å². The highest BCUT2D eigenvalue weighted by Crippen LogP contribution is 2.30. The number of ether oxygens (including phenoxy) is 1. The molecule has 2 aromatic heterocycles. The summed E-state index contributed by atoms with van der Waals surface area (Å²) in [4.78, 5) is 13.5. The summed E-state index contributed by atoms with van der Waals surface area (Å²) in [5.41, 5.74) is 1.59. The van der Waals surface area contributed by atoms with Crippen molar-refractivity contribution in [2.24, 2.45) is 5.16 Å². The van der Waals surface area contributed by atoms with E-state index in [1.807, 2.05) is 12.1 Å². The second-order valence-electron chi connectivity index (χ2n) is 4.30. The van der Waals surface area contributed by atoms with Crippen molar-refractivity contribution in [2.45, 2.75) is 12.5 Å². The molecule has 1 aliphatic heterocycles. The Kier molecular flexibility index (Phi) is 3.78. The summed E-state index contributed by atoms with van der Waals surface area (Å²) in [5.74, 6) is 0.612. The Balaban J connectivity index is 1.83. The summed E-state index contributed by atoms with van der Waals surface area (Å²) >= 11 is 5.99. The maximum Gasteiger partial charge on any atom is 0.166 e. The second kappa shape index (κ2) is 5.88. The van der Waals surface area contributed by atoms with Gasteiger partial charge >= 0.3 is 0 Å². The van der Waals surface area contributed by atoms with Crippen LogP contribution in [0.25, 0.3) is 11.3 Å². The first-order valence-corrected chi connectivity index (χ1v) is 6.57. The lowest BCUT2D eigenvalue weighted by molar-refractivity contribution is 0.0472. The van der Waals surface area contributed by atoms with Gasteiger partial charge in [-0.25, -0.2) is 0 Å². The molecule has 1 unspecified atom stereocenters. The summed E-state index contributed by atoms with van der Waals surface area (Å²) < 4.78 is 5.78. The minimum Gasteiger partial charge on any atom is -0.487 e. The first-order chi connectivity index (χ1) is 9.83. The fourth-order valence-electron chi connectivity index (χ4n) is 1.86. The van der Waals surface area contributed by atoms with Crippen LogP contribution in [0, 0.1) is 0 Å². The molecule has 5 nitrogen and oxygen atoms in total. The van der Waals surface area contributed by atoms with Crippen LogP contribution in [0.1, 0.15) is 6.42 Å². The standard InChI is InChI=1S/C14H12ClN3O2/c15-11-6-13(19-9-12-3-5-18-20-12)14(17-8-11)10-2-1-4-16-7-10/h1-2,4-8,12H,3,9H2. The van der Waals surface area contributed by atoms with Crippen molar-refractivity contribution in [1.82, 2.24) is 9.97 Å². The van der Waals surface area contributed by atoms with E-state index in [1.54, 1.807) is 30.9 Å². The molecule has 0 saturated heterocycles. The van der Waals surface area contributed by atoms with Gasteiger partial charge in [-0.3, -0.25) is 9.97 Å². The average molecular weight is 290 g/mol. The quantitative estimate of drug-likeness (QED) is 0.868. The molecule has 0 aromatic carbocycles. The van der Waals surface area contributed by atoms with Gasteiger partial charge in [-0.05, 0) is 12.1 Å². The van der Waals surface area contributed by atoms with Crippen LogP contribution in [0.4, 0.5) is 0 Å². The van der Waals surface area contributed by atoms with Gasteiger partial charge in [-0.15, -0.1) is 0 Å². The Labute approximate surface area is 121 Å². The molecule has 0 N–H and O–H groups in total. The van der Waals surface area contributed by atoms with Crippen molar-refractivity contribution >= 4 is 17.8 Å². The van der Waals surface area contributed by atoms with Crippen LogP contribution in [0.5, 0.6) is 5.75 Å². The molecule has 20 heavy (non-hydrogen) atoms. The molecule has 102 valence electrons. The predicted octanol–water partition coefficient (Wildman–Crippen LogP) is 2.95. The van der Waals surface area contributed by atoms with E-state index in [0.29, 0.717) is 23.1 Å². The van der Waals surface area contributed by atoms with E-state index in [1.165, 1.54) is 0 Å². The van der Waals surface area contributed by atoms with Crippen molar-refractivity contribution in [3.63, 3.8) is 0 Å². The summed E-state index contributed by atoms with van der Waals surface area (Å²) in [7, 11) is 0. The van der Waals surface area contributed by atoms with Gasteiger partial charge < -0.3 is 9.57 Å². The fourth-order valence-corrected chi connectivity index (χ4v) is 2.01. The molecule has 0 radical (unpaired) electrons. The van der Waals surface area contributed by atoms with Gasteiger partial charge in [-0.1, -0.05) is 16.8 Å². The van der Waals surface area contributed by atoms with E-state index in [9.17, 15) is 0 Å². The number of oxime groups is 1. The number of hydrogen-bond donors (Lipinski definition) is 0. The molecular formula is C14H12ClN3O2. The first kappa shape index (κ1) is 12.9. The van der Waals surface area contributed by atoms with Gasteiger partial charge in [0.2, 0.25) is 0 Å². The van der Waals surface area contributed by atoms with Crippen molar-refractivity contribution in [3.05, 3.63) is 41.8 Å². The van der Waals surface area contributed by atoms with E-state index in [4.69, 9.17) is 21.2 Å². The molecule has 1 atom stereocenters. The van der Waals surface area contributed by atoms with E-state index >= 15 is 0 Å². The van der Waals surface area contributed by atoms with Crippen molar-refractivity contribution in [1.29, 1.82) is 0 Å². The Morgan fingerprint density at radius 1 is 1.40 bits per heavy atom. The number of aromatic nitrogens is 2. The Hall–Kier alpha value is -2.14. The summed E-state index contributed by atoms with van der Waals surface area (Å²) in [6, 6.07) is 5.52. The highest BCUT2D eigenvalue weighted by Gasteiger charge is 2.16. The van der Waals surface area contributed by atoms with Crippen LogP contribution in [-0.2, 0) is 4.84 Å². The lowest BCUT2D eigenvalue weighted by Gasteiger charge is -2.13. The van der Waals surface area contributed by atoms with E-state index < -0.39 is 0 Å². The SMILES string of the molecule is Clc1cnc(-c2cccnc2)c(OCC2CC=NO2)c1. The molecule has 2 aromatic rings. The van der Waals surface area contributed by atoms with Crippen LogP contribution in [-0.4, -0.2) is 28.9 Å². The molecule has 1 aliphatic rings. The fraction of sp³-hybridized carbons (Fsp3) is 0.214. The van der Waals surface area contributed by atoms with Gasteiger partial charge in [0.25, 0.3) is 0 Å². The molecule has 0 saturated carbocycles. The molecule has 0 aliphatic carbocycles. The van der Waals surface area contributed by atoms with Gasteiger partial charge in [0.1, 0.15) is 18.1 Å². The summed E-state index contributed by atoms with van der Waals surface area (Å²) in [5, 5.41) is 4.24. The molecule has 3 rings (SSSR count). The summed E-state index contributed by atoms with van der Waals surface area (Å²) in [6.45, 7) is 0.398. The Bertz CT molecular complexity index is 611. The van der Waals surface area contributed by atoms with Crippen LogP contribution in [0.2, 0.25) is 5.02 Å². The van der Waals surface area contributed by atoms with E-state index in [-0.39, 0.29) is 6.10 Å². The maximum absolute atomic E-state index is 5.99. The van der Waals surface area contributed by atoms with Gasteiger partial charge in [0.05, 0.1) is 5.02 Å². The largest absolute Gasteiger partial charge is 0.487 e. The topological polar surface area (TPSA) is 56.6 Å². The Morgan fingerprint density at radius 3 is 3.10 bits per heavy atom. The van der Waals surface area contributed by atoms with Crippen molar-refractivity contribution in [2.75, 3.05) is 6.61 Å². The number of rotatable bonds is 4. The molecular weight excluding hydrogens is 278 g/mol. The highest BCUT2D eigenvalue weighted by atomic mass is 35.5. The number of hydrogen-bond acceptors (Lipinski definition) is 5. The van der Waals surface area contributed by atoms with E-state index in [0.717, 1.165) is 12.0 Å². The third-order valence-corrected chi connectivity index (χ3v) is 3.04. The van der Waals surface area contributed by atoms with Crippen LogP contribution >= 0.6 is 11.6 Å². The van der Waals surface area contributed by atoms with Crippen LogP contribution in [0.15, 0.2) is 41.9 Å². The van der Waals surface area contributed by atoms with Crippen LogP contribution in [0.3, 0.4) is 0 Å². The Morgan fingerprint density at radius 2 is 2.35 bits per heavy atom. The maximum atomic E-state index is 5.99. The average Bonchev–Trinajstić information content (AvgIpc) is 2.99. The van der Waals surface area contributed by atoms with Gasteiger partial charge in [0.15, 0.2) is 6.10 Å². The molecule has 0 spiro atoms. The van der Waals surface area contributed by atoms with Crippen LogP contribution < -0.4 is 4.74 Å².